The topological polar surface area (TPSA) is 55.2 Å². The molecule has 0 unspecified atom stereocenters. The number of hydrogen-bond donors (Lipinski definition) is 0. The van der Waals surface area contributed by atoms with Crippen molar-refractivity contribution in [3.63, 3.8) is 0 Å². The van der Waals surface area contributed by atoms with Gasteiger partial charge in [0.25, 0.3) is 5.91 Å². The normalized spacial score (nSPS) is 10.9. The van der Waals surface area contributed by atoms with E-state index in [0.717, 1.165) is 0 Å². The van der Waals surface area contributed by atoms with Crippen molar-refractivity contribution in [2.45, 2.75) is 19.9 Å². The summed E-state index contributed by atoms with van der Waals surface area (Å²) in [5.74, 6) is -1.43. The first-order chi connectivity index (χ1) is 12.9. The molecule has 1 amide bonds. The van der Waals surface area contributed by atoms with Crippen LogP contribution in [0.1, 0.15) is 24.3 Å². The summed E-state index contributed by atoms with van der Waals surface area (Å²) in [5.41, 5.74) is 0.143. The Morgan fingerprint density at radius 1 is 0.963 bits per heavy atom. The van der Waals surface area contributed by atoms with E-state index < -0.39 is 23.0 Å². The van der Waals surface area contributed by atoms with Gasteiger partial charge in [0.15, 0.2) is 5.69 Å². The van der Waals surface area contributed by atoms with Gasteiger partial charge in [0.05, 0.1) is 5.69 Å². The van der Waals surface area contributed by atoms with Crippen molar-refractivity contribution in [2.24, 2.45) is 0 Å². The molecule has 0 radical (unpaired) electrons. The highest BCUT2D eigenvalue weighted by molar-refractivity contribution is 6.05. The van der Waals surface area contributed by atoms with Crippen molar-refractivity contribution < 1.29 is 13.6 Å². The van der Waals surface area contributed by atoms with Gasteiger partial charge >= 0.3 is 0 Å². The van der Waals surface area contributed by atoms with Gasteiger partial charge in [-0.1, -0.05) is 0 Å². The van der Waals surface area contributed by atoms with E-state index in [2.05, 4.69) is 5.10 Å². The van der Waals surface area contributed by atoms with Gasteiger partial charge in [0.1, 0.15) is 11.6 Å². The van der Waals surface area contributed by atoms with Crippen LogP contribution in [0.3, 0.4) is 0 Å². The molecular formula is C20H17F2N3O2. The monoisotopic (exact) mass is 369 g/mol. The first-order valence-electron chi connectivity index (χ1n) is 8.32. The molecule has 3 rings (SSSR count). The number of carbonyl (C=O) groups is 1. The number of hydrogen-bond acceptors (Lipinski definition) is 3. The number of carbonyl (C=O) groups excluding carboxylic acids is 1. The third kappa shape index (κ3) is 3.92. The fourth-order valence-corrected chi connectivity index (χ4v) is 2.66. The van der Waals surface area contributed by atoms with Crippen molar-refractivity contribution >= 4 is 11.6 Å². The van der Waals surface area contributed by atoms with Crippen LogP contribution in [0.4, 0.5) is 14.5 Å². The van der Waals surface area contributed by atoms with Crippen molar-refractivity contribution in [1.29, 1.82) is 0 Å². The zero-order chi connectivity index (χ0) is 19.6. The number of anilines is 1. The maximum absolute atomic E-state index is 13.2. The van der Waals surface area contributed by atoms with Gasteiger partial charge in [0, 0.05) is 24.0 Å². The third-order valence-corrected chi connectivity index (χ3v) is 3.94. The standard InChI is InChI=1S/C20H17F2N3O2/c1-13(2)25(17-9-5-15(22)6-10-17)20(27)19-18(26)11-12-24(23-19)16-7-3-14(21)4-8-16/h3-13H,1-2H3. The Bertz CT molecular complexity index is 1010. The Labute approximate surface area is 154 Å². The number of aromatic nitrogens is 2. The molecule has 0 aliphatic heterocycles. The van der Waals surface area contributed by atoms with E-state index in [9.17, 15) is 18.4 Å². The molecule has 138 valence electrons. The van der Waals surface area contributed by atoms with Crippen molar-refractivity contribution in [2.75, 3.05) is 4.90 Å². The molecule has 0 spiro atoms. The van der Waals surface area contributed by atoms with Crippen LogP contribution >= 0.6 is 0 Å². The molecule has 0 aliphatic carbocycles. The van der Waals surface area contributed by atoms with Crippen molar-refractivity contribution in [3.8, 4) is 5.69 Å². The summed E-state index contributed by atoms with van der Waals surface area (Å²) in [4.78, 5) is 26.7. The molecule has 27 heavy (non-hydrogen) atoms. The van der Waals surface area contributed by atoms with Crippen LogP contribution in [-0.4, -0.2) is 21.7 Å². The predicted octanol–water partition coefficient (Wildman–Crippen LogP) is 3.57. The second-order valence-corrected chi connectivity index (χ2v) is 6.19. The van der Waals surface area contributed by atoms with Crippen LogP contribution in [0.15, 0.2) is 65.6 Å². The van der Waals surface area contributed by atoms with E-state index in [1.54, 1.807) is 13.8 Å². The molecule has 0 atom stereocenters. The Morgan fingerprint density at radius 2 is 1.52 bits per heavy atom. The van der Waals surface area contributed by atoms with E-state index in [1.165, 1.54) is 70.4 Å². The van der Waals surface area contributed by atoms with Gasteiger partial charge in [-0.3, -0.25) is 9.59 Å². The zero-order valence-electron chi connectivity index (χ0n) is 14.8. The quantitative estimate of drug-likeness (QED) is 0.707. The van der Waals surface area contributed by atoms with Gasteiger partial charge in [-0.2, -0.15) is 5.10 Å². The van der Waals surface area contributed by atoms with E-state index >= 15 is 0 Å². The highest BCUT2D eigenvalue weighted by Crippen LogP contribution is 2.19. The lowest BCUT2D eigenvalue weighted by Crippen LogP contribution is -2.40. The molecular weight excluding hydrogens is 352 g/mol. The zero-order valence-corrected chi connectivity index (χ0v) is 14.8. The number of benzene rings is 2. The summed E-state index contributed by atoms with van der Waals surface area (Å²) in [6, 6.07) is 11.9. The second-order valence-electron chi connectivity index (χ2n) is 6.19. The molecule has 0 saturated heterocycles. The fourth-order valence-electron chi connectivity index (χ4n) is 2.66. The van der Waals surface area contributed by atoms with Crippen LogP contribution in [0.2, 0.25) is 0 Å². The predicted molar refractivity (Wildman–Crippen MR) is 98.1 cm³/mol. The van der Waals surface area contributed by atoms with E-state index in [-0.39, 0.29) is 11.7 Å². The summed E-state index contributed by atoms with van der Waals surface area (Å²) in [6.07, 6.45) is 1.41. The van der Waals surface area contributed by atoms with Gasteiger partial charge in [-0.05, 0) is 62.4 Å². The Kier molecular flexibility index (Phi) is 5.12. The second kappa shape index (κ2) is 7.49. The van der Waals surface area contributed by atoms with Gasteiger partial charge in [-0.15, -0.1) is 0 Å². The van der Waals surface area contributed by atoms with Crippen LogP contribution in [0, 0.1) is 11.6 Å². The molecule has 0 aliphatic rings. The lowest BCUT2D eigenvalue weighted by atomic mass is 10.2. The smallest absolute Gasteiger partial charge is 0.283 e. The lowest BCUT2D eigenvalue weighted by molar-refractivity contribution is 0.0972. The molecule has 2 aromatic carbocycles. The maximum Gasteiger partial charge on any atom is 0.283 e. The van der Waals surface area contributed by atoms with Gasteiger partial charge in [0.2, 0.25) is 5.43 Å². The first kappa shape index (κ1) is 18.4. The molecule has 7 heteroatoms. The number of halogens is 2. The summed E-state index contributed by atoms with van der Waals surface area (Å²) < 4.78 is 27.7. The molecule has 1 heterocycles. The maximum atomic E-state index is 13.2. The summed E-state index contributed by atoms with van der Waals surface area (Å²) in [5, 5.41) is 4.13. The minimum absolute atomic E-state index is 0.278. The van der Waals surface area contributed by atoms with Gasteiger partial charge < -0.3 is 4.90 Å². The van der Waals surface area contributed by atoms with Crippen LogP contribution < -0.4 is 10.3 Å². The lowest BCUT2D eigenvalue weighted by Gasteiger charge is -2.26. The minimum Gasteiger partial charge on any atom is -0.304 e. The van der Waals surface area contributed by atoms with Crippen LogP contribution in [0.25, 0.3) is 5.69 Å². The minimum atomic E-state index is -0.599. The highest BCUT2D eigenvalue weighted by atomic mass is 19.1. The number of nitrogens with zero attached hydrogens (tertiary/aromatic N) is 3. The Morgan fingerprint density at radius 3 is 2.07 bits per heavy atom. The largest absolute Gasteiger partial charge is 0.304 e. The number of amides is 1. The van der Waals surface area contributed by atoms with Gasteiger partial charge in [-0.25, -0.2) is 13.5 Å². The molecule has 3 aromatic rings. The van der Waals surface area contributed by atoms with Crippen molar-refractivity contribution in [1.82, 2.24) is 9.78 Å². The molecule has 1 aromatic heterocycles. The fraction of sp³-hybridized carbons (Fsp3) is 0.150. The third-order valence-electron chi connectivity index (χ3n) is 3.94. The molecule has 0 N–H and O–H groups in total. The summed E-state index contributed by atoms with van der Waals surface area (Å²) >= 11 is 0. The van der Waals surface area contributed by atoms with Crippen molar-refractivity contribution in [3.05, 3.63) is 88.3 Å². The highest BCUT2D eigenvalue weighted by Gasteiger charge is 2.24. The summed E-state index contributed by atoms with van der Waals surface area (Å²) in [6.45, 7) is 3.56. The van der Waals surface area contributed by atoms with E-state index in [0.29, 0.717) is 11.4 Å². The Hall–Kier alpha value is -3.35. The SMILES string of the molecule is CC(C)N(C(=O)c1nn(-c2ccc(F)cc2)ccc1=O)c1ccc(F)cc1. The molecule has 0 saturated carbocycles. The summed E-state index contributed by atoms with van der Waals surface area (Å²) in [7, 11) is 0. The molecule has 0 fully saturated rings. The molecule has 5 nitrogen and oxygen atoms in total. The van der Waals surface area contributed by atoms with Crippen LogP contribution in [0.5, 0.6) is 0 Å². The van der Waals surface area contributed by atoms with Crippen LogP contribution in [-0.2, 0) is 0 Å². The number of rotatable bonds is 4. The Balaban J connectivity index is 2.04. The average molecular weight is 369 g/mol. The first-order valence-corrected chi connectivity index (χ1v) is 8.32. The molecule has 0 bridgehead atoms. The van der Waals surface area contributed by atoms with E-state index in [4.69, 9.17) is 0 Å². The van der Waals surface area contributed by atoms with E-state index in [1.807, 2.05) is 0 Å². The average Bonchev–Trinajstić information content (AvgIpc) is 2.64.